The standard InChI is InChI=1S/C23H26N6S2/c1-5-16(4)19(20-24-26-22(30)28(20)17-10-6-14(2)7-11-17)21-25-27-23(31)29(21)18-12-8-15(3)9-13-18/h6-13,16,19H,5H2,1-4H3,(H,26,30)(H,27,31). The van der Waals surface area contributed by atoms with E-state index in [0.717, 1.165) is 29.4 Å². The average Bonchev–Trinajstić information content (AvgIpc) is 3.33. The van der Waals surface area contributed by atoms with Gasteiger partial charge in [0.25, 0.3) is 0 Å². The monoisotopic (exact) mass is 450 g/mol. The molecule has 0 bridgehead atoms. The number of benzene rings is 2. The Labute approximate surface area is 192 Å². The van der Waals surface area contributed by atoms with Gasteiger partial charge in [-0.3, -0.25) is 19.3 Å². The molecule has 6 nitrogen and oxygen atoms in total. The highest BCUT2D eigenvalue weighted by Gasteiger charge is 2.31. The fourth-order valence-corrected chi connectivity index (χ4v) is 4.27. The molecular formula is C23H26N6S2. The lowest BCUT2D eigenvalue weighted by Gasteiger charge is -2.23. The van der Waals surface area contributed by atoms with Crippen molar-refractivity contribution in [2.75, 3.05) is 0 Å². The van der Waals surface area contributed by atoms with Crippen molar-refractivity contribution >= 4 is 24.4 Å². The number of aromatic amines is 2. The number of aromatic nitrogens is 6. The zero-order valence-electron chi connectivity index (χ0n) is 18.1. The summed E-state index contributed by atoms with van der Waals surface area (Å²) >= 11 is 11.2. The van der Waals surface area contributed by atoms with Crippen LogP contribution in [0.25, 0.3) is 11.4 Å². The Morgan fingerprint density at radius 2 is 1.16 bits per heavy atom. The van der Waals surface area contributed by atoms with Crippen LogP contribution in [0.15, 0.2) is 48.5 Å². The van der Waals surface area contributed by atoms with Crippen LogP contribution in [0, 0.1) is 29.3 Å². The van der Waals surface area contributed by atoms with Crippen molar-refractivity contribution in [3.8, 4) is 11.4 Å². The minimum Gasteiger partial charge on any atom is -0.272 e. The van der Waals surface area contributed by atoms with Gasteiger partial charge >= 0.3 is 0 Å². The number of rotatable bonds is 6. The Bertz CT molecular complexity index is 1190. The fourth-order valence-electron chi connectivity index (χ4n) is 3.78. The first kappa shape index (κ1) is 21.4. The van der Waals surface area contributed by atoms with Crippen molar-refractivity contribution in [1.29, 1.82) is 0 Å². The van der Waals surface area contributed by atoms with E-state index in [1.54, 1.807) is 0 Å². The van der Waals surface area contributed by atoms with E-state index < -0.39 is 0 Å². The third-order valence-corrected chi connectivity index (χ3v) is 6.30. The summed E-state index contributed by atoms with van der Waals surface area (Å²) in [6.45, 7) is 8.52. The molecule has 0 aliphatic rings. The van der Waals surface area contributed by atoms with Gasteiger partial charge in [-0.15, -0.1) is 0 Å². The summed E-state index contributed by atoms with van der Waals surface area (Å²) in [7, 11) is 0. The first-order valence-corrected chi connectivity index (χ1v) is 11.2. The molecule has 0 amide bonds. The Morgan fingerprint density at radius 1 is 0.774 bits per heavy atom. The molecule has 31 heavy (non-hydrogen) atoms. The van der Waals surface area contributed by atoms with Crippen LogP contribution in [0.2, 0.25) is 0 Å². The van der Waals surface area contributed by atoms with Crippen LogP contribution in [-0.4, -0.2) is 29.5 Å². The predicted molar refractivity (Wildman–Crippen MR) is 128 cm³/mol. The normalized spacial score (nSPS) is 12.4. The van der Waals surface area contributed by atoms with Crippen LogP contribution >= 0.6 is 24.4 Å². The second-order valence-corrected chi connectivity index (χ2v) is 8.75. The number of nitrogens with zero attached hydrogens (tertiary/aromatic N) is 4. The van der Waals surface area contributed by atoms with E-state index in [1.807, 2.05) is 9.13 Å². The largest absolute Gasteiger partial charge is 0.272 e. The van der Waals surface area contributed by atoms with Gasteiger partial charge in [-0.25, -0.2) is 0 Å². The van der Waals surface area contributed by atoms with E-state index in [1.165, 1.54) is 11.1 Å². The lowest BCUT2D eigenvalue weighted by Crippen LogP contribution is -2.20. The summed E-state index contributed by atoms with van der Waals surface area (Å²) in [4.78, 5) is 0. The summed E-state index contributed by atoms with van der Waals surface area (Å²) in [5, 5.41) is 15.3. The van der Waals surface area contributed by atoms with Crippen LogP contribution < -0.4 is 0 Å². The molecule has 1 unspecified atom stereocenters. The molecule has 2 heterocycles. The van der Waals surface area contributed by atoms with Gasteiger partial charge in [-0.2, -0.15) is 10.2 Å². The van der Waals surface area contributed by atoms with Crippen LogP contribution in [0.4, 0.5) is 0 Å². The van der Waals surface area contributed by atoms with E-state index >= 15 is 0 Å². The van der Waals surface area contributed by atoms with Crippen molar-refractivity contribution < 1.29 is 0 Å². The molecule has 0 aliphatic heterocycles. The molecule has 2 aromatic heterocycles. The number of hydrogen-bond acceptors (Lipinski definition) is 4. The molecule has 0 saturated carbocycles. The van der Waals surface area contributed by atoms with Crippen LogP contribution in [0.1, 0.15) is 49.0 Å². The quantitative estimate of drug-likeness (QED) is 0.355. The second-order valence-electron chi connectivity index (χ2n) is 7.98. The van der Waals surface area contributed by atoms with E-state index in [2.05, 4.69) is 96.6 Å². The molecule has 4 rings (SSSR count). The van der Waals surface area contributed by atoms with E-state index in [0.29, 0.717) is 9.54 Å². The van der Waals surface area contributed by atoms with Gasteiger partial charge in [-0.1, -0.05) is 55.7 Å². The van der Waals surface area contributed by atoms with Crippen molar-refractivity contribution in [3.63, 3.8) is 0 Å². The zero-order chi connectivity index (χ0) is 22.1. The first-order valence-electron chi connectivity index (χ1n) is 10.4. The Hall–Kier alpha value is -2.84. The van der Waals surface area contributed by atoms with Crippen molar-refractivity contribution in [2.24, 2.45) is 5.92 Å². The van der Waals surface area contributed by atoms with Gasteiger partial charge in [0.1, 0.15) is 11.6 Å². The average molecular weight is 451 g/mol. The molecule has 4 aromatic rings. The molecule has 8 heteroatoms. The van der Waals surface area contributed by atoms with E-state index in [9.17, 15) is 0 Å². The molecule has 160 valence electrons. The van der Waals surface area contributed by atoms with Gasteiger partial charge in [0.05, 0.1) is 5.92 Å². The maximum absolute atomic E-state index is 5.61. The summed E-state index contributed by atoms with van der Waals surface area (Å²) in [5.74, 6) is 1.79. The van der Waals surface area contributed by atoms with Crippen molar-refractivity contribution in [2.45, 2.75) is 40.0 Å². The van der Waals surface area contributed by atoms with Crippen LogP contribution in [0.3, 0.4) is 0 Å². The molecule has 0 aliphatic carbocycles. The summed E-state index contributed by atoms with van der Waals surface area (Å²) in [5.41, 5.74) is 4.34. The maximum atomic E-state index is 5.61. The molecule has 0 radical (unpaired) electrons. The highest BCUT2D eigenvalue weighted by atomic mass is 32.1. The molecule has 1 atom stereocenters. The second kappa shape index (κ2) is 8.72. The zero-order valence-corrected chi connectivity index (χ0v) is 19.7. The predicted octanol–water partition coefficient (Wildman–Crippen LogP) is 5.97. The SMILES string of the molecule is CCC(C)C(c1n[nH]c(=S)n1-c1ccc(C)cc1)c1n[nH]c(=S)n1-c1ccc(C)cc1. The fraction of sp³-hybridized carbons (Fsp3) is 0.304. The lowest BCUT2D eigenvalue weighted by molar-refractivity contribution is 0.451. The van der Waals surface area contributed by atoms with E-state index in [4.69, 9.17) is 24.4 Å². The number of H-pyrrole nitrogens is 2. The summed E-state index contributed by atoms with van der Waals surface area (Å²) in [6.07, 6.45) is 0.950. The Kier molecular flexibility index (Phi) is 6.02. The molecule has 0 fully saturated rings. The minimum atomic E-state index is -0.117. The molecule has 0 spiro atoms. The highest BCUT2D eigenvalue weighted by Crippen LogP contribution is 2.34. The minimum absolute atomic E-state index is 0.117. The topological polar surface area (TPSA) is 67.2 Å². The molecule has 2 N–H and O–H groups in total. The molecule has 2 aromatic carbocycles. The van der Waals surface area contributed by atoms with Gasteiger partial charge in [0, 0.05) is 11.4 Å². The van der Waals surface area contributed by atoms with Crippen molar-refractivity contribution in [1.82, 2.24) is 29.5 Å². The molecule has 0 saturated heterocycles. The number of aryl methyl sites for hydroxylation is 2. The van der Waals surface area contributed by atoms with Gasteiger partial charge in [-0.05, 0) is 68.5 Å². The van der Waals surface area contributed by atoms with Crippen molar-refractivity contribution in [3.05, 3.63) is 80.8 Å². The lowest BCUT2D eigenvalue weighted by atomic mass is 9.89. The summed E-state index contributed by atoms with van der Waals surface area (Å²) < 4.78 is 5.12. The van der Waals surface area contributed by atoms with Gasteiger partial charge in [0.2, 0.25) is 0 Å². The maximum Gasteiger partial charge on any atom is 0.199 e. The highest BCUT2D eigenvalue weighted by molar-refractivity contribution is 7.71. The Morgan fingerprint density at radius 3 is 1.52 bits per heavy atom. The number of nitrogens with one attached hydrogen (secondary N) is 2. The first-order chi connectivity index (χ1) is 14.9. The van der Waals surface area contributed by atoms with Crippen LogP contribution in [0.5, 0.6) is 0 Å². The third kappa shape index (κ3) is 4.05. The molecular weight excluding hydrogens is 424 g/mol. The third-order valence-electron chi connectivity index (χ3n) is 5.75. The van der Waals surface area contributed by atoms with Crippen LogP contribution in [-0.2, 0) is 0 Å². The number of hydrogen-bond donors (Lipinski definition) is 2. The van der Waals surface area contributed by atoms with Gasteiger partial charge in [0.15, 0.2) is 9.54 Å². The van der Waals surface area contributed by atoms with Gasteiger partial charge < -0.3 is 0 Å². The summed E-state index contributed by atoms with van der Waals surface area (Å²) in [6, 6.07) is 16.6. The smallest absolute Gasteiger partial charge is 0.199 e. The van der Waals surface area contributed by atoms with E-state index in [-0.39, 0.29) is 11.8 Å². The Balaban J connectivity index is 1.93.